The number of halogens is 1. The van der Waals surface area contributed by atoms with E-state index in [1.54, 1.807) is 13.1 Å². The molecule has 6 nitrogen and oxygen atoms in total. The van der Waals surface area contributed by atoms with Crippen LogP contribution < -0.4 is 10.2 Å². The summed E-state index contributed by atoms with van der Waals surface area (Å²) in [7, 11) is 0. The molecule has 140 valence electrons. The molecule has 1 heterocycles. The van der Waals surface area contributed by atoms with Gasteiger partial charge in [-0.25, -0.2) is 10.2 Å². The quantitative estimate of drug-likeness (QED) is 0.442. The molecule has 0 spiro atoms. The van der Waals surface area contributed by atoms with E-state index in [2.05, 4.69) is 31.0 Å². The van der Waals surface area contributed by atoms with Crippen LogP contribution in [0, 0.1) is 0 Å². The molecule has 0 unspecified atom stereocenters. The van der Waals surface area contributed by atoms with Crippen molar-refractivity contribution in [1.29, 1.82) is 0 Å². The second-order valence-electron chi connectivity index (χ2n) is 5.69. The third-order valence-electron chi connectivity index (χ3n) is 3.87. The Morgan fingerprint density at radius 2 is 2.00 bits per heavy atom. The number of hydrogen-bond donors (Lipinski definition) is 1. The summed E-state index contributed by atoms with van der Waals surface area (Å²) in [6.45, 7) is 3.28. The van der Waals surface area contributed by atoms with E-state index < -0.39 is 6.09 Å². The lowest BCUT2D eigenvalue weighted by Crippen LogP contribution is -2.18. The smallest absolute Gasteiger partial charge is 0.427 e. The van der Waals surface area contributed by atoms with Crippen molar-refractivity contribution in [2.45, 2.75) is 13.5 Å². The molecular weight excluding hydrogens is 410 g/mol. The molecule has 1 N–H and O–H groups in total. The summed E-state index contributed by atoms with van der Waals surface area (Å²) in [6, 6.07) is 15.8. The molecule has 2 aromatic carbocycles. The average molecular weight is 430 g/mol. The molecule has 0 radical (unpaired) electrons. The van der Waals surface area contributed by atoms with Gasteiger partial charge in [0.15, 0.2) is 0 Å². The van der Waals surface area contributed by atoms with Crippen molar-refractivity contribution >= 4 is 39.1 Å². The molecule has 0 bridgehead atoms. The zero-order valence-corrected chi connectivity index (χ0v) is 16.5. The van der Waals surface area contributed by atoms with E-state index in [-0.39, 0.29) is 0 Å². The molecule has 0 saturated carbocycles. The maximum absolute atomic E-state index is 11.3. The lowest BCUT2D eigenvalue weighted by Gasteiger charge is -2.08. The van der Waals surface area contributed by atoms with Crippen molar-refractivity contribution in [3.8, 4) is 5.75 Å². The topological polar surface area (TPSA) is 64.8 Å². The van der Waals surface area contributed by atoms with Crippen molar-refractivity contribution in [2.75, 3.05) is 13.2 Å². The van der Waals surface area contributed by atoms with Crippen LogP contribution in [0.25, 0.3) is 10.9 Å². The number of para-hydroxylation sites is 1. The van der Waals surface area contributed by atoms with Crippen LogP contribution in [0.1, 0.15) is 12.5 Å². The van der Waals surface area contributed by atoms with E-state index >= 15 is 0 Å². The summed E-state index contributed by atoms with van der Waals surface area (Å²) in [4.78, 5) is 11.3. The largest absolute Gasteiger partial charge is 0.492 e. The molecule has 0 saturated heterocycles. The number of benzene rings is 2. The Kier molecular flexibility index (Phi) is 6.49. The molecule has 0 atom stereocenters. The van der Waals surface area contributed by atoms with Crippen LogP contribution in [-0.2, 0) is 11.3 Å². The summed E-state index contributed by atoms with van der Waals surface area (Å²) < 4.78 is 13.7. The van der Waals surface area contributed by atoms with Crippen LogP contribution >= 0.6 is 15.9 Å². The maximum atomic E-state index is 11.3. The van der Waals surface area contributed by atoms with Crippen molar-refractivity contribution in [3.05, 3.63) is 64.8 Å². The van der Waals surface area contributed by atoms with Gasteiger partial charge in [0.25, 0.3) is 0 Å². The highest BCUT2D eigenvalue weighted by Crippen LogP contribution is 2.20. The van der Waals surface area contributed by atoms with Crippen LogP contribution in [0.3, 0.4) is 0 Å². The molecule has 3 aromatic rings. The van der Waals surface area contributed by atoms with E-state index in [4.69, 9.17) is 9.47 Å². The van der Waals surface area contributed by atoms with Gasteiger partial charge >= 0.3 is 6.09 Å². The molecular formula is C20H20BrN3O3. The lowest BCUT2D eigenvalue weighted by molar-refractivity contribution is 0.152. The number of hydrazone groups is 1. The summed E-state index contributed by atoms with van der Waals surface area (Å²) in [6.07, 6.45) is 3.04. The van der Waals surface area contributed by atoms with E-state index in [1.165, 1.54) is 0 Å². The van der Waals surface area contributed by atoms with Crippen molar-refractivity contribution in [3.63, 3.8) is 0 Å². The molecule has 1 amide bonds. The second kappa shape index (κ2) is 9.23. The fraction of sp³-hybridized carbons (Fsp3) is 0.200. The second-order valence-corrected chi connectivity index (χ2v) is 6.60. The predicted octanol–water partition coefficient (Wildman–Crippen LogP) is 4.56. The van der Waals surface area contributed by atoms with Crippen LogP contribution in [-0.4, -0.2) is 30.1 Å². The number of nitrogens with one attached hydrogen (secondary N) is 1. The van der Waals surface area contributed by atoms with Gasteiger partial charge in [-0.2, -0.15) is 5.10 Å². The number of carbonyl (C=O) groups is 1. The molecule has 0 aliphatic heterocycles. The molecule has 0 aliphatic carbocycles. The molecule has 3 rings (SSSR count). The standard InChI is InChI=1S/C20H20BrN3O3/c1-2-26-20(25)23-22-13-15-14-24(19-6-4-3-5-18(15)19)11-12-27-17-9-7-16(21)8-10-17/h3-10,13-14H,2,11-12H2,1H3,(H,23,25)/b22-13+. The van der Waals surface area contributed by atoms with Crippen LogP contribution in [0.15, 0.2) is 64.3 Å². The van der Waals surface area contributed by atoms with Gasteiger partial charge in [-0.05, 0) is 37.3 Å². The Morgan fingerprint density at radius 1 is 1.22 bits per heavy atom. The highest BCUT2D eigenvalue weighted by atomic mass is 79.9. The van der Waals surface area contributed by atoms with Gasteiger partial charge in [-0.15, -0.1) is 0 Å². The number of carbonyl (C=O) groups excluding carboxylic acids is 1. The molecule has 0 fully saturated rings. The Labute approximate surface area is 165 Å². The average Bonchev–Trinajstić information content (AvgIpc) is 3.02. The zero-order valence-electron chi connectivity index (χ0n) is 14.9. The number of hydrogen-bond acceptors (Lipinski definition) is 4. The number of rotatable bonds is 7. The van der Waals surface area contributed by atoms with Gasteiger partial charge in [0, 0.05) is 27.1 Å². The van der Waals surface area contributed by atoms with Crippen molar-refractivity contribution in [2.24, 2.45) is 5.10 Å². The number of fused-ring (bicyclic) bond motifs is 1. The minimum absolute atomic E-state index is 0.305. The third kappa shape index (κ3) is 5.10. The number of aromatic nitrogens is 1. The first-order valence-corrected chi connectivity index (χ1v) is 9.38. The summed E-state index contributed by atoms with van der Waals surface area (Å²) in [5.74, 6) is 0.829. The van der Waals surface area contributed by atoms with Gasteiger partial charge in [0.05, 0.1) is 19.4 Å². The van der Waals surface area contributed by atoms with Gasteiger partial charge in [0.1, 0.15) is 12.4 Å². The molecule has 7 heteroatoms. The van der Waals surface area contributed by atoms with Crippen LogP contribution in [0.2, 0.25) is 0 Å². The maximum Gasteiger partial charge on any atom is 0.427 e. The Hall–Kier alpha value is -2.80. The monoisotopic (exact) mass is 429 g/mol. The van der Waals surface area contributed by atoms with E-state index in [1.807, 2.05) is 54.7 Å². The molecule has 0 aliphatic rings. The summed E-state index contributed by atoms with van der Waals surface area (Å²) in [5.41, 5.74) is 4.33. The minimum atomic E-state index is -0.569. The highest BCUT2D eigenvalue weighted by molar-refractivity contribution is 9.10. The number of ether oxygens (including phenoxy) is 2. The van der Waals surface area contributed by atoms with Gasteiger partial charge in [-0.1, -0.05) is 34.1 Å². The van der Waals surface area contributed by atoms with Gasteiger partial charge < -0.3 is 14.0 Å². The number of amides is 1. The zero-order chi connectivity index (χ0) is 19.1. The predicted molar refractivity (Wildman–Crippen MR) is 109 cm³/mol. The van der Waals surface area contributed by atoms with E-state index in [0.717, 1.165) is 26.7 Å². The van der Waals surface area contributed by atoms with Gasteiger partial charge in [-0.3, -0.25) is 0 Å². The first-order valence-electron chi connectivity index (χ1n) is 8.59. The third-order valence-corrected chi connectivity index (χ3v) is 4.40. The normalized spacial score (nSPS) is 11.0. The van der Waals surface area contributed by atoms with Gasteiger partial charge in [0.2, 0.25) is 0 Å². The number of nitrogens with zero attached hydrogens (tertiary/aromatic N) is 2. The van der Waals surface area contributed by atoms with Crippen molar-refractivity contribution in [1.82, 2.24) is 9.99 Å². The van der Waals surface area contributed by atoms with Crippen molar-refractivity contribution < 1.29 is 14.3 Å². The summed E-state index contributed by atoms with van der Waals surface area (Å²) in [5, 5.41) is 5.01. The Balaban J connectivity index is 1.69. The Bertz CT molecular complexity index is 935. The molecule has 27 heavy (non-hydrogen) atoms. The highest BCUT2D eigenvalue weighted by Gasteiger charge is 2.07. The lowest BCUT2D eigenvalue weighted by atomic mass is 10.2. The summed E-state index contributed by atoms with van der Waals surface area (Å²) >= 11 is 3.41. The fourth-order valence-corrected chi connectivity index (χ4v) is 2.94. The minimum Gasteiger partial charge on any atom is -0.492 e. The SMILES string of the molecule is CCOC(=O)N/N=C/c1cn(CCOc2ccc(Br)cc2)c2ccccc12. The first kappa shape index (κ1) is 19.0. The fourth-order valence-electron chi connectivity index (χ4n) is 2.67. The Morgan fingerprint density at radius 3 is 2.78 bits per heavy atom. The van der Waals surface area contributed by atoms with Crippen LogP contribution in [0.5, 0.6) is 5.75 Å². The van der Waals surface area contributed by atoms with E-state index in [9.17, 15) is 4.79 Å². The van der Waals surface area contributed by atoms with Crippen LogP contribution in [0.4, 0.5) is 4.79 Å². The first-order chi connectivity index (χ1) is 13.2. The molecule has 1 aromatic heterocycles. The van der Waals surface area contributed by atoms with E-state index in [0.29, 0.717) is 19.8 Å².